The van der Waals surface area contributed by atoms with Gasteiger partial charge in [-0.1, -0.05) is 30.4 Å². The molecule has 3 aromatic rings. The first kappa shape index (κ1) is 18.4. The average molecular weight is 386 g/mol. The first-order valence-corrected chi connectivity index (χ1v) is 8.76. The van der Waals surface area contributed by atoms with Crippen molar-refractivity contribution in [2.75, 3.05) is 0 Å². The Morgan fingerprint density at radius 2 is 2.22 bits per heavy atom. The number of nitro groups is 1. The third-order valence-corrected chi connectivity index (χ3v) is 4.55. The Kier molecular flexibility index (Phi) is 5.36. The summed E-state index contributed by atoms with van der Waals surface area (Å²) in [4.78, 5) is 38.8. The number of fused-ring (bicyclic) bond motifs is 1. The van der Waals surface area contributed by atoms with Crippen LogP contribution in [0.5, 0.6) is 0 Å². The number of non-ortho nitro benzene ring substituents is 1. The number of aryl methyl sites for hydroxylation is 1. The van der Waals surface area contributed by atoms with E-state index in [1.54, 1.807) is 6.07 Å². The minimum Gasteiger partial charge on any atom is -0.456 e. The molecule has 138 valence electrons. The van der Waals surface area contributed by atoms with Gasteiger partial charge in [-0.2, -0.15) is 9.61 Å². The fraction of sp³-hybridized carbons (Fsp3) is 0.176. The van der Waals surface area contributed by atoms with E-state index in [9.17, 15) is 19.7 Å². The fourth-order valence-electron chi connectivity index (χ4n) is 2.21. The zero-order valence-corrected chi connectivity index (χ0v) is 15.0. The lowest BCUT2D eigenvalue weighted by Crippen LogP contribution is -2.16. The topological polar surface area (TPSA) is 117 Å². The average Bonchev–Trinajstić information content (AvgIpc) is 3.09. The molecule has 0 unspecified atom stereocenters. The first-order chi connectivity index (χ1) is 13.0. The second-order valence-corrected chi connectivity index (χ2v) is 6.46. The molecule has 0 fully saturated rings. The fourth-order valence-corrected chi connectivity index (χ4v) is 3.07. The highest BCUT2D eigenvalue weighted by Gasteiger charge is 2.09. The van der Waals surface area contributed by atoms with Crippen LogP contribution in [0, 0.1) is 10.1 Å². The maximum atomic E-state index is 12.0. The van der Waals surface area contributed by atoms with E-state index < -0.39 is 10.9 Å². The molecular weight excluding hydrogens is 372 g/mol. The number of carbonyl (C=O) groups is 1. The number of nitrogens with zero attached hydrogens (tertiary/aromatic N) is 4. The molecular formula is C17H14N4O5S. The molecule has 0 aliphatic rings. The summed E-state index contributed by atoms with van der Waals surface area (Å²) in [5.41, 5.74) is 0.410. The number of ether oxygens (including phenoxy) is 1. The van der Waals surface area contributed by atoms with Gasteiger partial charge in [0, 0.05) is 24.3 Å². The molecule has 0 amide bonds. The highest BCUT2D eigenvalue weighted by Crippen LogP contribution is 2.14. The smallest absolute Gasteiger partial charge is 0.331 e. The van der Waals surface area contributed by atoms with Gasteiger partial charge in [0.05, 0.1) is 10.6 Å². The SMILES string of the molecule is CCc1nn2c(=O)cc(COC(=O)/C=C/c3cccc([N+](=O)[O-])c3)nc2s1. The van der Waals surface area contributed by atoms with E-state index in [1.807, 2.05) is 6.92 Å². The van der Waals surface area contributed by atoms with Crippen molar-refractivity contribution in [1.82, 2.24) is 14.6 Å². The number of esters is 1. The number of rotatable bonds is 6. The Morgan fingerprint density at radius 3 is 2.96 bits per heavy atom. The largest absolute Gasteiger partial charge is 0.456 e. The van der Waals surface area contributed by atoms with Gasteiger partial charge < -0.3 is 4.74 Å². The van der Waals surface area contributed by atoms with Gasteiger partial charge in [-0.05, 0) is 18.1 Å². The van der Waals surface area contributed by atoms with Crippen molar-refractivity contribution in [2.24, 2.45) is 0 Å². The lowest BCUT2D eigenvalue weighted by molar-refractivity contribution is -0.384. The number of aromatic nitrogens is 3. The van der Waals surface area contributed by atoms with Crippen molar-refractivity contribution >= 4 is 34.0 Å². The predicted octanol–water partition coefficient (Wildman–Crippen LogP) is 2.38. The van der Waals surface area contributed by atoms with Crippen LogP contribution in [-0.2, 0) is 22.6 Å². The van der Waals surface area contributed by atoms with Gasteiger partial charge in [-0.15, -0.1) is 0 Å². The van der Waals surface area contributed by atoms with Gasteiger partial charge in [0.2, 0.25) is 4.96 Å². The number of hydrogen-bond donors (Lipinski definition) is 0. The van der Waals surface area contributed by atoms with Gasteiger partial charge in [-0.3, -0.25) is 14.9 Å². The molecule has 0 atom stereocenters. The maximum Gasteiger partial charge on any atom is 0.331 e. The van der Waals surface area contributed by atoms with Crippen LogP contribution in [-0.4, -0.2) is 25.5 Å². The molecule has 9 nitrogen and oxygen atoms in total. The van der Waals surface area contributed by atoms with Crippen LogP contribution in [0.2, 0.25) is 0 Å². The molecule has 0 radical (unpaired) electrons. The summed E-state index contributed by atoms with van der Waals surface area (Å²) < 4.78 is 6.30. The Bertz CT molecular complexity index is 1100. The quantitative estimate of drug-likeness (QED) is 0.276. The van der Waals surface area contributed by atoms with Gasteiger partial charge in [-0.25, -0.2) is 9.78 Å². The molecule has 0 saturated heterocycles. The Labute approximate surface area is 156 Å². The summed E-state index contributed by atoms with van der Waals surface area (Å²) in [5, 5.41) is 15.7. The van der Waals surface area contributed by atoms with Gasteiger partial charge in [0.1, 0.15) is 11.6 Å². The second kappa shape index (κ2) is 7.87. The summed E-state index contributed by atoms with van der Waals surface area (Å²) in [6, 6.07) is 7.12. The van der Waals surface area contributed by atoms with Crippen molar-refractivity contribution in [3.8, 4) is 0 Å². The normalized spacial score (nSPS) is 11.1. The van der Waals surface area contributed by atoms with Gasteiger partial charge in [0.15, 0.2) is 0 Å². The number of hydrogen-bond acceptors (Lipinski definition) is 8. The molecule has 0 saturated carbocycles. The summed E-state index contributed by atoms with van der Waals surface area (Å²) in [7, 11) is 0. The standard InChI is InChI=1S/C17H14N4O5S/c1-2-14-19-20-15(22)9-12(18-17(20)27-14)10-26-16(23)7-6-11-4-3-5-13(8-11)21(24)25/h3-9H,2,10H2,1H3/b7-6+. The van der Waals surface area contributed by atoms with Gasteiger partial charge >= 0.3 is 5.97 Å². The molecule has 2 heterocycles. The van der Waals surface area contributed by atoms with E-state index in [0.29, 0.717) is 22.6 Å². The molecule has 0 spiro atoms. The molecule has 0 bridgehead atoms. The van der Waals surface area contributed by atoms with Crippen LogP contribution >= 0.6 is 11.3 Å². The molecule has 27 heavy (non-hydrogen) atoms. The predicted molar refractivity (Wildman–Crippen MR) is 98.4 cm³/mol. The van der Waals surface area contributed by atoms with E-state index >= 15 is 0 Å². The number of benzene rings is 1. The Balaban J connectivity index is 1.67. The van der Waals surface area contributed by atoms with Crippen molar-refractivity contribution in [1.29, 1.82) is 0 Å². The summed E-state index contributed by atoms with van der Waals surface area (Å²) in [5.74, 6) is -0.651. The Hall–Kier alpha value is -3.40. The highest BCUT2D eigenvalue weighted by molar-refractivity contribution is 7.16. The molecule has 0 N–H and O–H groups in total. The van der Waals surface area contributed by atoms with Crippen LogP contribution in [0.4, 0.5) is 5.69 Å². The molecule has 0 aliphatic heterocycles. The number of nitro benzene ring substituents is 1. The molecule has 10 heteroatoms. The zero-order chi connectivity index (χ0) is 19.4. The van der Waals surface area contributed by atoms with Crippen molar-refractivity contribution in [3.63, 3.8) is 0 Å². The van der Waals surface area contributed by atoms with Crippen molar-refractivity contribution in [3.05, 3.63) is 73.1 Å². The van der Waals surface area contributed by atoms with Crippen LogP contribution in [0.3, 0.4) is 0 Å². The van der Waals surface area contributed by atoms with E-state index in [4.69, 9.17) is 4.74 Å². The van der Waals surface area contributed by atoms with Crippen molar-refractivity contribution in [2.45, 2.75) is 20.0 Å². The van der Waals surface area contributed by atoms with Crippen LogP contribution in [0.15, 0.2) is 41.2 Å². The summed E-state index contributed by atoms with van der Waals surface area (Å²) >= 11 is 1.30. The van der Waals surface area contributed by atoms with E-state index in [-0.39, 0.29) is 17.9 Å². The monoisotopic (exact) mass is 386 g/mol. The van der Waals surface area contributed by atoms with E-state index in [2.05, 4.69) is 10.1 Å². The van der Waals surface area contributed by atoms with Gasteiger partial charge in [0.25, 0.3) is 11.2 Å². The Morgan fingerprint density at radius 1 is 1.41 bits per heavy atom. The van der Waals surface area contributed by atoms with Crippen LogP contribution in [0.25, 0.3) is 11.0 Å². The summed E-state index contributed by atoms with van der Waals surface area (Å²) in [6.07, 6.45) is 3.27. The van der Waals surface area contributed by atoms with E-state index in [0.717, 1.165) is 11.1 Å². The first-order valence-electron chi connectivity index (χ1n) is 7.94. The maximum absolute atomic E-state index is 12.0. The minimum absolute atomic E-state index is 0.0699. The van der Waals surface area contributed by atoms with E-state index in [1.165, 1.54) is 46.2 Å². The zero-order valence-electron chi connectivity index (χ0n) is 14.2. The second-order valence-electron chi connectivity index (χ2n) is 5.42. The molecule has 2 aromatic heterocycles. The lowest BCUT2D eigenvalue weighted by Gasteiger charge is -2.01. The third-order valence-electron chi connectivity index (χ3n) is 3.50. The molecule has 0 aliphatic carbocycles. The van der Waals surface area contributed by atoms with Crippen LogP contribution < -0.4 is 5.56 Å². The minimum atomic E-state index is -0.651. The number of carbonyl (C=O) groups excluding carboxylic acids is 1. The lowest BCUT2D eigenvalue weighted by atomic mass is 10.2. The molecule has 1 aromatic carbocycles. The molecule has 3 rings (SSSR count). The third kappa shape index (κ3) is 4.42. The van der Waals surface area contributed by atoms with Crippen molar-refractivity contribution < 1.29 is 14.5 Å². The highest BCUT2D eigenvalue weighted by atomic mass is 32.1. The van der Waals surface area contributed by atoms with Crippen LogP contribution in [0.1, 0.15) is 23.2 Å². The summed E-state index contributed by atoms with van der Waals surface area (Å²) in [6.45, 7) is 1.77.